The first kappa shape index (κ1) is 23.1. The van der Waals surface area contributed by atoms with Crippen LogP contribution < -0.4 is 19.1 Å². The van der Waals surface area contributed by atoms with E-state index in [1.54, 1.807) is 32.9 Å². The maximum Gasteiger partial charge on any atom is 0.294 e. The highest BCUT2D eigenvalue weighted by Gasteiger charge is 2.47. The first-order chi connectivity index (χ1) is 15.0. The fourth-order valence-electron chi connectivity index (χ4n) is 3.71. The van der Waals surface area contributed by atoms with Gasteiger partial charge in [0.1, 0.15) is 5.82 Å². The van der Waals surface area contributed by atoms with Crippen LogP contribution in [0.2, 0.25) is 0 Å². The normalized spacial score (nSPS) is 16.4. The molecule has 0 saturated carbocycles. The fraction of sp³-hybridized carbons (Fsp3) is 0.333. The standard InChI is InChI=1S/C24H26FNO6/c1-24(2,3)22(28)18-19(13-10-16(30-4)21(32-6)17(11-13)31-5)26(23(29)20(18)27)15-9-7-8-14(25)12-15/h7-12,19,27H,1-6H3. The number of aliphatic hydroxyl groups is 1. The lowest BCUT2D eigenvalue weighted by molar-refractivity contribution is -0.123. The summed E-state index contributed by atoms with van der Waals surface area (Å²) >= 11 is 0. The molecule has 1 N–H and O–H groups in total. The van der Waals surface area contributed by atoms with Crippen LogP contribution in [-0.2, 0) is 9.59 Å². The number of amides is 1. The Morgan fingerprint density at radius 2 is 1.62 bits per heavy atom. The SMILES string of the molecule is COc1cc(C2C(C(=O)C(C)(C)C)=C(O)C(=O)N2c2cccc(F)c2)cc(OC)c1OC. The van der Waals surface area contributed by atoms with Crippen LogP contribution in [-0.4, -0.2) is 38.1 Å². The Labute approximate surface area is 186 Å². The van der Waals surface area contributed by atoms with E-state index in [0.29, 0.717) is 22.8 Å². The highest BCUT2D eigenvalue weighted by Crippen LogP contribution is 2.47. The molecule has 2 aromatic carbocycles. The fourth-order valence-corrected chi connectivity index (χ4v) is 3.71. The van der Waals surface area contributed by atoms with Gasteiger partial charge < -0.3 is 19.3 Å². The average molecular weight is 443 g/mol. The summed E-state index contributed by atoms with van der Waals surface area (Å²) in [4.78, 5) is 27.6. The number of methoxy groups -OCH3 is 3. The quantitative estimate of drug-likeness (QED) is 0.714. The number of anilines is 1. The van der Waals surface area contributed by atoms with E-state index in [9.17, 15) is 19.1 Å². The van der Waals surface area contributed by atoms with Crippen molar-refractivity contribution in [1.29, 1.82) is 0 Å². The number of nitrogens with zero attached hydrogens (tertiary/aromatic N) is 1. The molecule has 1 unspecified atom stereocenters. The Balaban J connectivity index is 2.31. The molecule has 32 heavy (non-hydrogen) atoms. The lowest BCUT2D eigenvalue weighted by Crippen LogP contribution is -2.33. The average Bonchev–Trinajstić information content (AvgIpc) is 3.01. The van der Waals surface area contributed by atoms with Gasteiger partial charge in [-0.2, -0.15) is 0 Å². The van der Waals surface area contributed by atoms with Crippen molar-refractivity contribution < 1.29 is 33.3 Å². The third kappa shape index (κ3) is 3.88. The van der Waals surface area contributed by atoms with Gasteiger partial charge in [0.25, 0.3) is 5.91 Å². The van der Waals surface area contributed by atoms with E-state index in [4.69, 9.17) is 14.2 Å². The van der Waals surface area contributed by atoms with E-state index < -0.39 is 34.7 Å². The topological polar surface area (TPSA) is 85.3 Å². The third-order valence-electron chi connectivity index (χ3n) is 5.22. The Hall–Kier alpha value is -3.55. The van der Waals surface area contributed by atoms with Gasteiger partial charge in [-0.1, -0.05) is 26.8 Å². The van der Waals surface area contributed by atoms with E-state index in [2.05, 4.69) is 0 Å². The van der Waals surface area contributed by atoms with Gasteiger partial charge in [-0.3, -0.25) is 14.5 Å². The largest absolute Gasteiger partial charge is 0.503 e. The van der Waals surface area contributed by atoms with Crippen LogP contribution in [0.5, 0.6) is 17.2 Å². The van der Waals surface area contributed by atoms with Crippen LogP contribution in [0, 0.1) is 11.2 Å². The summed E-state index contributed by atoms with van der Waals surface area (Å²) < 4.78 is 30.2. The number of hydrogen-bond donors (Lipinski definition) is 1. The number of aliphatic hydroxyl groups excluding tert-OH is 1. The number of ketones is 1. The molecule has 1 amide bonds. The molecule has 0 radical (unpaired) electrons. The lowest BCUT2D eigenvalue weighted by atomic mass is 9.82. The molecule has 1 aliphatic heterocycles. The number of halogens is 1. The minimum atomic E-state index is -1.04. The zero-order valence-electron chi connectivity index (χ0n) is 18.9. The lowest BCUT2D eigenvalue weighted by Gasteiger charge is -2.29. The molecule has 1 heterocycles. The molecule has 170 valence electrons. The second-order valence-corrected chi connectivity index (χ2v) is 8.36. The van der Waals surface area contributed by atoms with E-state index in [1.165, 1.54) is 50.5 Å². The predicted octanol–water partition coefficient (Wildman–Crippen LogP) is 4.37. The first-order valence-electron chi connectivity index (χ1n) is 9.92. The molecule has 0 aromatic heterocycles. The minimum Gasteiger partial charge on any atom is -0.503 e. The Kier molecular flexibility index (Phi) is 6.16. The summed E-state index contributed by atoms with van der Waals surface area (Å²) in [6.07, 6.45) is 0. The zero-order chi connectivity index (χ0) is 23.8. The molecule has 0 fully saturated rings. The molecule has 1 atom stereocenters. The van der Waals surface area contributed by atoms with Gasteiger partial charge in [0, 0.05) is 11.1 Å². The Morgan fingerprint density at radius 1 is 1.03 bits per heavy atom. The summed E-state index contributed by atoms with van der Waals surface area (Å²) in [7, 11) is 4.35. The maximum atomic E-state index is 14.0. The summed E-state index contributed by atoms with van der Waals surface area (Å²) in [5.41, 5.74) is -0.354. The van der Waals surface area contributed by atoms with Crippen LogP contribution >= 0.6 is 0 Å². The van der Waals surface area contributed by atoms with Crippen molar-refractivity contribution in [3.05, 3.63) is 59.1 Å². The molecular formula is C24H26FNO6. The molecule has 0 bridgehead atoms. The maximum absolute atomic E-state index is 14.0. The summed E-state index contributed by atoms with van der Waals surface area (Å²) in [6.45, 7) is 5.07. The van der Waals surface area contributed by atoms with Crippen molar-refractivity contribution in [1.82, 2.24) is 0 Å². The van der Waals surface area contributed by atoms with Gasteiger partial charge in [-0.25, -0.2) is 4.39 Å². The van der Waals surface area contributed by atoms with Gasteiger partial charge in [-0.15, -0.1) is 0 Å². The molecule has 0 spiro atoms. The molecule has 1 aliphatic rings. The Bertz CT molecular complexity index is 1080. The van der Waals surface area contributed by atoms with E-state index >= 15 is 0 Å². The number of hydrogen-bond acceptors (Lipinski definition) is 6. The van der Waals surface area contributed by atoms with E-state index in [0.717, 1.165) is 0 Å². The third-order valence-corrected chi connectivity index (χ3v) is 5.22. The van der Waals surface area contributed by atoms with Gasteiger partial charge in [-0.05, 0) is 35.9 Å². The van der Waals surface area contributed by atoms with Crippen molar-refractivity contribution >= 4 is 17.4 Å². The molecule has 7 nitrogen and oxygen atoms in total. The summed E-state index contributed by atoms with van der Waals surface area (Å²) in [5.74, 6) is -1.51. The van der Waals surface area contributed by atoms with Gasteiger partial charge in [0.2, 0.25) is 5.75 Å². The van der Waals surface area contributed by atoms with E-state index in [-0.39, 0.29) is 11.3 Å². The van der Waals surface area contributed by atoms with Crippen molar-refractivity contribution in [2.24, 2.45) is 5.41 Å². The molecule has 8 heteroatoms. The van der Waals surface area contributed by atoms with Crippen LogP contribution in [0.25, 0.3) is 0 Å². The summed E-state index contributed by atoms with van der Waals surface area (Å²) in [5, 5.41) is 10.8. The molecule has 0 saturated heterocycles. The number of carbonyl (C=O) groups excluding carboxylic acids is 2. The van der Waals surface area contributed by atoms with Gasteiger partial charge >= 0.3 is 0 Å². The van der Waals surface area contributed by atoms with Crippen molar-refractivity contribution in [2.45, 2.75) is 26.8 Å². The molecular weight excluding hydrogens is 417 g/mol. The van der Waals surface area contributed by atoms with Crippen LogP contribution in [0.15, 0.2) is 47.7 Å². The smallest absolute Gasteiger partial charge is 0.294 e. The number of carbonyl (C=O) groups is 2. The second-order valence-electron chi connectivity index (χ2n) is 8.36. The predicted molar refractivity (Wildman–Crippen MR) is 117 cm³/mol. The number of Topliss-reactive ketones (excluding diaryl/α,β-unsaturated/α-hetero) is 1. The number of ether oxygens (including phenoxy) is 3. The van der Waals surface area contributed by atoms with Crippen molar-refractivity contribution in [3.63, 3.8) is 0 Å². The number of rotatable bonds is 6. The number of benzene rings is 2. The molecule has 2 aromatic rings. The Morgan fingerprint density at radius 3 is 2.09 bits per heavy atom. The highest BCUT2D eigenvalue weighted by molar-refractivity contribution is 6.17. The second kappa shape index (κ2) is 8.53. The van der Waals surface area contributed by atoms with Crippen LogP contribution in [0.1, 0.15) is 32.4 Å². The van der Waals surface area contributed by atoms with Crippen LogP contribution in [0.4, 0.5) is 10.1 Å². The molecule has 0 aliphatic carbocycles. The van der Waals surface area contributed by atoms with Crippen molar-refractivity contribution in [3.8, 4) is 17.2 Å². The first-order valence-corrected chi connectivity index (χ1v) is 9.92. The highest BCUT2D eigenvalue weighted by atomic mass is 19.1. The minimum absolute atomic E-state index is 0.0824. The zero-order valence-corrected chi connectivity index (χ0v) is 18.9. The van der Waals surface area contributed by atoms with Crippen molar-refractivity contribution in [2.75, 3.05) is 26.2 Å². The summed E-state index contributed by atoms with van der Waals surface area (Å²) in [6, 6.07) is 7.55. The monoisotopic (exact) mass is 443 g/mol. The van der Waals surface area contributed by atoms with Gasteiger partial charge in [0.15, 0.2) is 23.0 Å². The van der Waals surface area contributed by atoms with E-state index in [1.807, 2.05) is 0 Å². The van der Waals surface area contributed by atoms with Crippen LogP contribution in [0.3, 0.4) is 0 Å². The van der Waals surface area contributed by atoms with Gasteiger partial charge in [0.05, 0.1) is 32.9 Å². The molecule has 3 rings (SSSR count).